The number of carbonyl (C=O) groups excluding carboxylic acids is 1. The normalized spacial score (nSPS) is 20.0. The third-order valence-corrected chi connectivity index (χ3v) is 4.55. The topological polar surface area (TPSA) is 55.6 Å². The van der Waals surface area contributed by atoms with Crippen LogP contribution in [-0.2, 0) is 11.2 Å². The van der Waals surface area contributed by atoms with Crippen LogP contribution in [0.3, 0.4) is 0 Å². The Kier molecular flexibility index (Phi) is 3.42. The minimum Gasteiger partial charge on any atom is -0.495 e. The molecule has 2 N–H and O–H groups in total. The lowest BCUT2D eigenvalue weighted by molar-refractivity contribution is -0.120. The summed E-state index contributed by atoms with van der Waals surface area (Å²) in [6, 6.07) is 5.99. The van der Waals surface area contributed by atoms with Crippen molar-refractivity contribution in [2.45, 2.75) is 44.1 Å². The number of methoxy groups -OCH3 is 1. The van der Waals surface area contributed by atoms with Crippen molar-refractivity contribution in [3.63, 3.8) is 0 Å². The summed E-state index contributed by atoms with van der Waals surface area (Å²) < 4.78 is 5.44. The van der Waals surface area contributed by atoms with E-state index in [1.54, 1.807) is 7.11 Å². The van der Waals surface area contributed by atoms with Crippen molar-refractivity contribution in [3.05, 3.63) is 23.8 Å². The maximum absolute atomic E-state index is 12.6. The second kappa shape index (κ2) is 5.09. The van der Waals surface area contributed by atoms with Crippen molar-refractivity contribution in [2.75, 3.05) is 18.6 Å². The average molecular weight is 274 g/mol. The molecule has 2 aliphatic rings. The number of ether oxygens (including phenoxy) is 1. The second-order valence-electron chi connectivity index (χ2n) is 6.01. The number of anilines is 1. The molecule has 4 nitrogen and oxygen atoms in total. The van der Waals surface area contributed by atoms with Gasteiger partial charge in [-0.15, -0.1) is 0 Å². The largest absolute Gasteiger partial charge is 0.495 e. The van der Waals surface area contributed by atoms with E-state index in [2.05, 4.69) is 6.07 Å². The van der Waals surface area contributed by atoms with Gasteiger partial charge in [-0.3, -0.25) is 4.79 Å². The summed E-state index contributed by atoms with van der Waals surface area (Å²) in [5, 5.41) is 0. The van der Waals surface area contributed by atoms with Crippen LogP contribution in [0, 0.1) is 0 Å². The lowest BCUT2D eigenvalue weighted by Crippen LogP contribution is -2.51. The molecule has 0 radical (unpaired) electrons. The molecule has 0 aromatic heterocycles. The highest BCUT2D eigenvalue weighted by molar-refractivity contribution is 5.97. The van der Waals surface area contributed by atoms with Gasteiger partial charge in [0.2, 0.25) is 5.91 Å². The quantitative estimate of drug-likeness (QED) is 0.919. The number of carbonyl (C=O) groups is 1. The van der Waals surface area contributed by atoms with Crippen LogP contribution < -0.4 is 15.4 Å². The molecule has 0 spiro atoms. The molecule has 1 amide bonds. The van der Waals surface area contributed by atoms with Gasteiger partial charge in [-0.05, 0) is 43.7 Å². The Morgan fingerprint density at radius 3 is 2.85 bits per heavy atom. The standard InChI is InChI=1S/C16H22N2O2/c1-20-13-7-2-5-12-6-3-10-18(15(12)13)14(19)11-16(17)8-4-9-16/h2,5,7H,3-4,6,8-11,17H2,1H3. The lowest BCUT2D eigenvalue weighted by Gasteiger charge is -2.40. The highest BCUT2D eigenvalue weighted by Gasteiger charge is 2.37. The Labute approximate surface area is 119 Å². The molecule has 1 heterocycles. The molecule has 0 unspecified atom stereocenters. The molecule has 4 heteroatoms. The average Bonchev–Trinajstić information content (AvgIpc) is 2.44. The number of fused-ring (bicyclic) bond motifs is 1. The first-order chi connectivity index (χ1) is 9.63. The zero-order chi connectivity index (χ0) is 14.2. The number of benzene rings is 1. The fourth-order valence-corrected chi connectivity index (χ4v) is 3.23. The van der Waals surface area contributed by atoms with Gasteiger partial charge >= 0.3 is 0 Å². The third-order valence-electron chi connectivity index (χ3n) is 4.55. The Morgan fingerprint density at radius 1 is 1.40 bits per heavy atom. The van der Waals surface area contributed by atoms with Gasteiger partial charge < -0.3 is 15.4 Å². The van der Waals surface area contributed by atoms with E-state index in [4.69, 9.17) is 10.5 Å². The van der Waals surface area contributed by atoms with E-state index in [1.165, 1.54) is 5.56 Å². The molecule has 0 atom stereocenters. The summed E-state index contributed by atoms with van der Waals surface area (Å²) >= 11 is 0. The number of aryl methyl sites for hydroxylation is 1. The van der Waals surface area contributed by atoms with Crippen molar-refractivity contribution in [2.24, 2.45) is 5.73 Å². The van der Waals surface area contributed by atoms with E-state index in [0.717, 1.165) is 50.1 Å². The zero-order valence-electron chi connectivity index (χ0n) is 12.0. The van der Waals surface area contributed by atoms with Gasteiger partial charge in [0.1, 0.15) is 5.75 Å². The van der Waals surface area contributed by atoms with Crippen molar-refractivity contribution in [1.82, 2.24) is 0 Å². The molecule has 1 aliphatic carbocycles. The van der Waals surface area contributed by atoms with E-state index in [-0.39, 0.29) is 11.4 Å². The van der Waals surface area contributed by atoms with E-state index >= 15 is 0 Å². The highest BCUT2D eigenvalue weighted by atomic mass is 16.5. The molecular formula is C16H22N2O2. The van der Waals surface area contributed by atoms with Crippen LogP contribution in [0.4, 0.5) is 5.69 Å². The molecule has 20 heavy (non-hydrogen) atoms. The first-order valence-electron chi connectivity index (χ1n) is 7.38. The number of nitrogens with two attached hydrogens (primary N) is 1. The summed E-state index contributed by atoms with van der Waals surface area (Å²) in [4.78, 5) is 14.5. The van der Waals surface area contributed by atoms with Crippen molar-refractivity contribution in [3.8, 4) is 5.75 Å². The summed E-state index contributed by atoms with van der Waals surface area (Å²) in [6.07, 6.45) is 5.53. The first-order valence-corrected chi connectivity index (χ1v) is 7.38. The highest BCUT2D eigenvalue weighted by Crippen LogP contribution is 2.38. The zero-order valence-corrected chi connectivity index (χ0v) is 12.0. The second-order valence-corrected chi connectivity index (χ2v) is 6.01. The van der Waals surface area contributed by atoms with Crippen LogP contribution in [0.15, 0.2) is 18.2 Å². The number of amides is 1. The smallest absolute Gasteiger partial charge is 0.228 e. The molecule has 108 valence electrons. The van der Waals surface area contributed by atoms with Crippen LogP contribution in [0.5, 0.6) is 5.75 Å². The predicted octanol–water partition coefficient (Wildman–Crippen LogP) is 2.25. The number of hydrogen-bond acceptors (Lipinski definition) is 3. The van der Waals surface area contributed by atoms with Crippen LogP contribution in [-0.4, -0.2) is 25.1 Å². The minimum atomic E-state index is -0.267. The number of nitrogens with zero attached hydrogens (tertiary/aromatic N) is 1. The summed E-state index contributed by atoms with van der Waals surface area (Å²) in [5.74, 6) is 0.924. The maximum Gasteiger partial charge on any atom is 0.228 e. The molecule has 1 aliphatic heterocycles. The van der Waals surface area contributed by atoms with E-state index in [1.807, 2.05) is 17.0 Å². The molecule has 3 rings (SSSR count). The summed E-state index contributed by atoms with van der Waals surface area (Å²) in [7, 11) is 1.66. The Morgan fingerprint density at radius 2 is 2.20 bits per heavy atom. The van der Waals surface area contributed by atoms with E-state index in [9.17, 15) is 4.79 Å². The number of hydrogen-bond donors (Lipinski definition) is 1. The summed E-state index contributed by atoms with van der Waals surface area (Å²) in [5.41, 5.74) is 8.11. The molecule has 0 saturated heterocycles. The number of para-hydroxylation sites is 1. The van der Waals surface area contributed by atoms with Gasteiger partial charge in [-0.2, -0.15) is 0 Å². The molecule has 1 saturated carbocycles. The van der Waals surface area contributed by atoms with Gasteiger partial charge in [0, 0.05) is 18.5 Å². The Hall–Kier alpha value is -1.55. The van der Waals surface area contributed by atoms with E-state index in [0.29, 0.717) is 6.42 Å². The Balaban J connectivity index is 1.87. The predicted molar refractivity (Wildman–Crippen MR) is 79.1 cm³/mol. The lowest BCUT2D eigenvalue weighted by atomic mass is 9.75. The summed E-state index contributed by atoms with van der Waals surface area (Å²) in [6.45, 7) is 0.766. The van der Waals surface area contributed by atoms with Crippen molar-refractivity contribution < 1.29 is 9.53 Å². The van der Waals surface area contributed by atoms with Crippen molar-refractivity contribution >= 4 is 11.6 Å². The van der Waals surface area contributed by atoms with Gasteiger partial charge in [-0.1, -0.05) is 12.1 Å². The number of rotatable bonds is 3. The molecule has 1 aromatic rings. The minimum absolute atomic E-state index is 0.137. The molecule has 1 fully saturated rings. The molecular weight excluding hydrogens is 252 g/mol. The van der Waals surface area contributed by atoms with Crippen molar-refractivity contribution in [1.29, 1.82) is 0 Å². The fourth-order valence-electron chi connectivity index (χ4n) is 3.23. The van der Waals surface area contributed by atoms with Crippen LogP contribution in [0.2, 0.25) is 0 Å². The SMILES string of the molecule is COc1cccc2c1N(C(=O)CC1(N)CCC1)CCC2. The van der Waals surface area contributed by atoms with Gasteiger partial charge in [-0.25, -0.2) is 0 Å². The first kappa shape index (κ1) is 13.4. The molecule has 1 aromatic carbocycles. The van der Waals surface area contributed by atoms with E-state index < -0.39 is 0 Å². The maximum atomic E-state index is 12.6. The van der Waals surface area contributed by atoms with Gasteiger partial charge in [0.25, 0.3) is 0 Å². The van der Waals surface area contributed by atoms with Gasteiger partial charge in [0.05, 0.1) is 12.8 Å². The third kappa shape index (κ3) is 2.29. The van der Waals surface area contributed by atoms with Crippen LogP contribution in [0.25, 0.3) is 0 Å². The van der Waals surface area contributed by atoms with Crippen LogP contribution in [0.1, 0.15) is 37.7 Å². The fraction of sp³-hybridized carbons (Fsp3) is 0.562. The Bertz CT molecular complexity index is 509. The molecule has 0 bridgehead atoms. The monoisotopic (exact) mass is 274 g/mol. The van der Waals surface area contributed by atoms with Gasteiger partial charge in [0.15, 0.2) is 0 Å². The van der Waals surface area contributed by atoms with Crippen LogP contribution >= 0.6 is 0 Å².